The summed E-state index contributed by atoms with van der Waals surface area (Å²) in [6, 6.07) is 12.2. The second-order valence-electron chi connectivity index (χ2n) is 4.43. The number of nitrogen functional groups attached to an aromatic ring is 1. The standard InChI is InChI=1S/C14H15ClN2O2S/c1-10-13(16)7-12(15)8-14(10)20(18,19)17-9-11-5-3-2-4-6-11/h2-8,17H,9,16H2,1H3. The highest BCUT2D eigenvalue weighted by Crippen LogP contribution is 2.25. The van der Waals surface area contributed by atoms with Crippen molar-refractivity contribution in [3.63, 3.8) is 0 Å². The minimum atomic E-state index is -3.65. The van der Waals surface area contributed by atoms with Gasteiger partial charge in [0, 0.05) is 17.3 Å². The van der Waals surface area contributed by atoms with E-state index in [9.17, 15) is 8.42 Å². The summed E-state index contributed by atoms with van der Waals surface area (Å²) in [5.41, 5.74) is 7.48. The number of sulfonamides is 1. The van der Waals surface area contributed by atoms with E-state index in [0.29, 0.717) is 16.3 Å². The molecule has 3 N–H and O–H groups in total. The van der Waals surface area contributed by atoms with Gasteiger partial charge in [0.1, 0.15) is 0 Å². The van der Waals surface area contributed by atoms with Crippen molar-refractivity contribution >= 4 is 27.3 Å². The van der Waals surface area contributed by atoms with Gasteiger partial charge in [-0.3, -0.25) is 0 Å². The lowest BCUT2D eigenvalue weighted by Crippen LogP contribution is -2.24. The van der Waals surface area contributed by atoms with Crippen molar-refractivity contribution in [1.82, 2.24) is 4.72 Å². The lowest BCUT2D eigenvalue weighted by atomic mass is 10.2. The molecule has 0 aromatic heterocycles. The molecule has 2 rings (SSSR count). The monoisotopic (exact) mass is 310 g/mol. The predicted molar refractivity (Wildman–Crippen MR) is 81.1 cm³/mol. The molecule has 0 unspecified atom stereocenters. The zero-order valence-electron chi connectivity index (χ0n) is 10.9. The lowest BCUT2D eigenvalue weighted by Gasteiger charge is -2.11. The second-order valence-corrected chi connectivity index (χ2v) is 6.60. The van der Waals surface area contributed by atoms with Crippen LogP contribution in [0.25, 0.3) is 0 Å². The van der Waals surface area contributed by atoms with Gasteiger partial charge < -0.3 is 5.73 Å². The van der Waals surface area contributed by atoms with E-state index in [1.165, 1.54) is 12.1 Å². The van der Waals surface area contributed by atoms with E-state index in [2.05, 4.69) is 4.72 Å². The molecule has 0 aliphatic rings. The molecule has 2 aromatic rings. The molecule has 0 aliphatic heterocycles. The Balaban J connectivity index is 2.27. The van der Waals surface area contributed by atoms with Gasteiger partial charge in [0.15, 0.2) is 0 Å². The maximum atomic E-state index is 12.3. The van der Waals surface area contributed by atoms with Gasteiger partial charge in [-0.15, -0.1) is 0 Å². The number of nitrogens with two attached hydrogens (primary N) is 1. The number of anilines is 1. The van der Waals surface area contributed by atoms with Crippen LogP contribution in [-0.2, 0) is 16.6 Å². The van der Waals surface area contributed by atoms with Crippen molar-refractivity contribution in [2.45, 2.75) is 18.4 Å². The largest absolute Gasteiger partial charge is 0.398 e. The molecule has 106 valence electrons. The lowest BCUT2D eigenvalue weighted by molar-refractivity contribution is 0.580. The van der Waals surface area contributed by atoms with Crippen molar-refractivity contribution in [1.29, 1.82) is 0 Å². The van der Waals surface area contributed by atoms with E-state index in [-0.39, 0.29) is 11.4 Å². The summed E-state index contributed by atoms with van der Waals surface area (Å²) >= 11 is 5.87. The number of benzene rings is 2. The Kier molecular flexibility index (Phi) is 4.32. The van der Waals surface area contributed by atoms with Gasteiger partial charge in [0.2, 0.25) is 10.0 Å². The molecular formula is C14H15ClN2O2S. The maximum absolute atomic E-state index is 12.3. The Morgan fingerprint density at radius 2 is 1.85 bits per heavy atom. The number of hydrogen-bond donors (Lipinski definition) is 2. The average Bonchev–Trinajstić information content (AvgIpc) is 2.42. The summed E-state index contributed by atoms with van der Waals surface area (Å²) in [5, 5.41) is 0.299. The summed E-state index contributed by atoms with van der Waals surface area (Å²) in [4.78, 5) is 0.110. The van der Waals surface area contributed by atoms with Gasteiger partial charge >= 0.3 is 0 Å². The van der Waals surface area contributed by atoms with E-state index < -0.39 is 10.0 Å². The highest BCUT2D eigenvalue weighted by molar-refractivity contribution is 7.89. The van der Waals surface area contributed by atoms with Gasteiger partial charge in [-0.1, -0.05) is 41.9 Å². The SMILES string of the molecule is Cc1c(N)cc(Cl)cc1S(=O)(=O)NCc1ccccc1. The molecule has 20 heavy (non-hydrogen) atoms. The quantitative estimate of drug-likeness (QED) is 0.853. The Morgan fingerprint density at radius 3 is 2.50 bits per heavy atom. The van der Waals surface area contributed by atoms with Crippen molar-refractivity contribution in [3.8, 4) is 0 Å². The third-order valence-electron chi connectivity index (χ3n) is 2.96. The highest BCUT2D eigenvalue weighted by atomic mass is 35.5. The number of hydrogen-bond acceptors (Lipinski definition) is 3. The summed E-state index contributed by atoms with van der Waals surface area (Å²) in [5.74, 6) is 0. The van der Waals surface area contributed by atoms with E-state index in [1.54, 1.807) is 6.92 Å². The predicted octanol–water partition coefficient (Wildman–Crippen LogP) is 2.71. The summed E-state index contributed by atoms with van der Waals surface area (Å²) < 4.78 is 27.2. The van der Waals surface area contributed by atoms with Gasteiger partial charge in [-0.05, 0) is 30.2 Å². The number of halogens is 1. The fourth-order valence-electron chi connectivity index (χ4n) is 1.81. The van der Waals surface area contributed by atoms with Crippen LogP contribution in [0.5, 0.6) is 0 Å². The highest BCUT2D eigenvalue weighted by Gasteiger charge is 2.18. The van der Waals surface area contributed by atoms with Crippen LogP contribution in [-0.4, -0.2) is 8.42 Å². The first kappa shape index (κ1) is 14.8. The van der Waals surface area contributed by atoms with Crippen molar-refractivity contribution in [3.05, 3.63) is 58.6 Å². The maximum Gasteiger partial charge on any atom is 0.241 e. The van der Waals surface area contributed by atoms with Crippen LogP contribution in [0.2, 0.25) is 5.02 Å². The Hall–Kier alpha value is -1.56. The summed E-state index contributed by atoms with van der Waals surface area (Å²) in [7, 11) is -3.65. The zero-order valence-corrected chi connectivity index (χ0v) is 12.5. The molecule has 0 fully saturated rings. The molecule has 2 aromatic carbocycles. The molecule has 4 nitrogen and oxygen atoms in total. The third kappa shape index (κ3) is 3.30. The van der Waals surface area contributed by atoms with Crippen LogP contribution in [0.15, 0.2) is 47.4 Å². The normalized spacial score (nSPS) is 11.5. The van der Waals surface area contributed by atoms with E-state index >= 15 is 0 Å². The van der Waals surface area contributed by atoms with Crippen molar-refractivity contribution < 1.29 is 8.42 Å². The average molecular weight is 311 g/mol. The first-order valence-corrected chi connectivity index (χ1v) is 7.85. The van der Waals surface area contributed by atoms with E-state index in [1.807, 2.05) is 30.3 Å². The minimum Gasteiger partial charge on any atom is -0.398 e. The molecule has 0 atom stereocenters. The van der Waals surface area contributed by atoms with Crippen LogP contribution in [0.4, 0.5) is 5.69 Å². The van der Waals surface area contributed by atoms with Crippen molar-refractivity contribution in [2.24, 2.45) is 0 Å². The molecule has 0 radical (unpaired) electrons. The van der Waals surface area contributed by atoms with Crippen molar-refractivity contribution in [2.75, 3.05) is 5.73 Å². The molecule has 0 aliphatic carbocycles. The summed E-state index contributed by atoms with van der Waals surface area (Å²) in [6.45, 7) is 1.87. The fraction of sp³-hybridized carbons (Fsp3) is 0.143. The molecule has 6 heteroatoms. The molecule has 0 saturated heterocycles. The van der Waals surface area contributed by atoms with E-state index in [0.717, 1.165) is 5.56 Å². The molecule has 0 spiro atoms. The third-order valence-corrected chi connectivity index (χ3v) is 4.71. The van der Waals surface area contributed by atoms with Crippen LogP contribution >= 0.6 is 11.6 Å². The van der Waals surface area contributed by atoms with Gasteiger partial charge in [0.25, 0.3) is 0 Å². The molecule has 0 bridgehead atoms. The van der Waals surface area contributed by atoms with Crippen LogP contribution in [0.3, 0.4) is 0 Å². The van der Waals surface area contributed by atoms with E-state index in [4.69, 9.17) is 17.3 Å². The molecule has 0 amide bonds. The first-order chi connectivity index (χ1) is 9.40. The second kappa shape index (κ2) is 5.83. The number of nitrogens with one attached hydrogen (secondary N) is 1. The Morgan fingerprint density at radius 1 is 1.20 bits per heavy atom. The smallest absolute Gasteiger partial charge is 0.241 e. The molecular weight excluding hydrogens is 296 g/mol. The number of rotatable bonds is 4. The van der Waals surface area contributed by atoms with Crippen LogP contribution < -0.4 is 10.5 Å². The van der Waals surface area contributed by atoms with Crippen LogP contribution in [0, 0.1) is 6.92 Å². The minimum absolute atomic E-state index is 0.110. The topological polar surface area (TPSA) is 72.2 Å². The first-order valence-electron chi connectivity index (χ1n) is 5.99. The van der Waals surface area contributed by atoms with Crippen LogP contribution in [0.1, 0.15) is 11.1 Å². The Labute approximate surface area is 123 Å². The molecule has 0 heterocycles. The zero-order chi connectivity index (χ0) is 14.8. The fourth-order valence-corrected chi connectivity index (χ4v) is 3.41. The van der Waals surface area contributed by atoms with Gasteiger partial charge in [-0.25, -0.2) is 13.1 Å². The Bertz CT molecular complexity index is 715. The van der Waals surface area contributed by atoms with Gasteiger partial charge in [0.05, 0.1) is 4.90 Å². The summed E-state index contributed by atoms with van der Waals surface area (Å²) in [6.07, 6.45) is 0. The molecule has 0 saturated carbocycles. The van der Waals surface area contributed by atoms with Gasteiger partial charge in [-0.2, -0.15) is 0 Å².